The number of hydrogen-bond acceptors (Lipinski definition) is 2. The van der Waals surface area contributed by atoms with E-state index < -0.39 is 6.10 Å². The zero-order chi connectivity index (χ0) is 14.7. The summed E-state index contributed by atoms with van der Waals surface area (Å²) in [5, 5.41) is 11.3. The summed E-state index contributed by atoms with van der Waals surface area (Å²) in [5.41, 5.74) is 8.53. The maximum absolute atomic E-state index is 10.7. The van der Waals surface area contributed by atoms with Crippen molar-refractivity contribution in [2.24, 2.45) is 5.73 Å². The molecular formula is C16H17BrClNO. The lowest BCUT2D eigenvalue weighted by Crippen LogP contribution is -2.21. The first kappa shape index (κ1) is 15.5. The van der Waals surface area contributed by atoms with E-state index in [1.165, 1.54) is 0 Å². The molecule has 2 unspecified atom stereocenters. The number of aliphatic hydroxyl groups is 1. The van der Waals surface area contributed by atoms with E-state index in [4.69, 9.17) is 17.3 Å². The standard InChI is InChI=1S/C16H17BrClNO/c1-10-5-4-7-12(15(10)18)16(20)13(9-19)11-6-2-3-8-14(11)17/h2-8,13,16,20H,9,19H2,1H3. The second kappa shape index (κ2) is 6.72. The van der Waals surface area contributed by atoms with Gasteiger partial charge in [0.15, 0.2) is 0 Å². The lowest BCUT2D eigenvalue weighted by atomic mass is 9.88. The van der Waals surface area contributed by atoms with Gasteiger partial charge in [0.25, 0.3) is 0 Å². The van der Waals surface area contributed by atoms with E-state index in [1.54, 1.807) is 0 Å². The lowest BCUT2D eigenvalue weighted by molar-refractivity contribution is 0.147. The monoisotopic (exact) mass is 353 g/mol. The molecule has 0 radical (unpaired) electrons. The first-order valence-electron chi connectivity index (χ1n) is 6.43. The summed E-state index contributed by atoms with van der Waals surface area (Å²) in [5.74, 6) is -0.204. The average molecular weight is 355 g/mol. The fraction of sp³-hybridized carbons (Fsp3) is 0.250. The Labute approximate surface area is 132 Å². The number of benzene rings is 2. The Balaban J connectivity index is 2.42. The van der Waals surface area contributed by atoms with Crippen molar-refractivity contribution in [1.29, 1.82) is 0 Å². The van der Waals surface area contributed by atoms with E-state index in [-0.39, 0.29) is 5.92 Å². The Kier molecular flexibility index (Phi) is 5.22. The highest BCUT2D eigenvalue weighted by Crippen LogP contribution is 2.37. The van der Waals surface area contributed by atoms with Crippen LogP contribution in [-0.2, 0) is 0 Å². The minimum absolute atomic E-state index is 0.204. The average Bonchev–Trinajstić information content (AvgIpc) is 2.44. The van der Waals surface area contributed by atoms with Gasteiger partial charge in [-0.05, 0) is 24.1 Å². The van der Waals surface area contributed by atoms with Gasteiger partial charge in [0.05, 0.1) is 6.10 Å². The Morgan fingerprint density at radius 1 is 1.15 bits per heavy atom. The minimum atomic E-state index is -0.730. The van der Waals surface area contributed by atoms with E-state index >= 15 is 0 Å². The first-order chi connectivity index (χ1) is 9.56. The SMILES string of the molecule is Cc1cccc(C(O)C(CN)c2ccccc2Br)c1Cl. The maximum atomic E-state index is 10.7. The van der Waals surface area contributed by atoms with Crippen molar-refractivity contribution in [3.8, 4) is 0 Å². The first-order valence-corrected chi connectivity index (χ1v) is 7.61. The van der Waals surface area contributed by atoms with E-state index in [0.29, 0.717) is 11.6 Å². The Morgan fingerprint density at radius 2 is 1.80 bits per heavy atom. The summed E-state index contributed by atoms with van der Waals surface area (Å²) < 4.78 is 0.943. The number of aliphatic hydroxyl groups excluding tert-OH is 1. The zero-order valence-electron chi connectivity index (χ0n) is 11.2. The van der Waals surface area contributed by atoms with E-state index in [0.717, 1.165) is 21.2 Å². The summed E-state index contributed by atoms with van der Waals surface area (Å²) in [7, 11) is 0. The number of hydrogen-bond donors (Lipinski definition) is 2. The molecule has 20 heavy (non-hydrogen) atoms. The lowest BCUT2D eigenvalue weighted by Gasteiger charge is -2.24. The second-order valence-corrected chi connectivity index (χ2v) is 6.02. The van der Waals surface area contributed by atoms with Crippen molar-refractivity contribution >= 4 is 27.5 Å². The van der Waals surface area contributed by atoms with Crippen LogP contribution >= 0.6 is 27.5 Å². The largest absolute Gasteiger partial charge is 0.388 e. The van der Waals surface area contributed by atoms with Crippen molar-refractivity contribution in [2.45, 2.75) is 18.9 Å². The van der Waals surface area contributed by atoms with Crippen LogP contribution in [0.1, 0.15) is 28.7 Å². The van der Waals surface area contributed by atoms with Crippen molar-refractivity contribution in [2.75, 3.05) is 6.54 Å². The van der Waals surface area contributed by atoms with Crippen LogP contribution in [-0.4, -0.2) is 11.7 Å². The van der Waals surface area contributed by atoms with Crippen molar-refractivity contribution < 1.29 is 5.11 Å². The molecule has 0 heterocycles. The molecule has 2 aromatic rings. The highest BCUT2D eigenvalue weighted by molar-refractivity contribution is 9.10. The Bertz CT molecular complexity index is 603. The van der Waals surface area contributed by atoms with Gasteiger partial charge in [-0.2, -0.15) is 0 Å². The topological polar surface area (TPSA) is 46.2 Å². The molecule has 0 amide bonds. The smallest absolute Gasteiger partial charge is 0.0885 e. The number of aryl methyl sites for hydroxylation is 1. The van der Waals surface area contributed by atoms with Crippen molar-refractivity contribution in [3.63, 3.8) is 0 Å². The molecule has 2 aromatic carbocycles. The minimum Gasteiger partial charge on any atom is -0.388 e. The van der Waals surface area contributed by atoms with Gasteiger partial charge in [-0.3, -0.25) is 0 Å². The highest BCUT2D eigenvalue weighted by Gasteiger charge is 2.25. The molecule has 0 saturated carbocycles. The molecule has 0 spiro atoms. The molecule has 3 N–H and O–H groups in total. The summed E-state index contributed by atoms with van der Waals surface area (Å²) in [6, 6.07) is 13.5. The molecule has 0 aromatic heterocycles. The van der Waals surface area contributed by atoms with Gasteiger partial charge in [0.2, 0.25) is 0 Å². The summed E-state index contributed by atoms with van der Waals surface area (Å²) in [6.07, 6.45) is -0.730. The van der Waals surface area contributed by atoms with Crippen molar-refractivity contribution in [3.05, 3.63) is 68.7 Å². The third kappa shape index (κ3) is 3.07. The normalized spacial score (nSPS) is 14.1. The van der Waals surface area contributed by atoms with Gasteiger partial charge in [-0.15, -0.1) is 0 Å². The highest BCUT2D eigenvalue weighted by atomic mass is 79.9. The van der Waals surface area contributed by atoms with Crippen LogP contribution in [0, 0.1) is 6.92 Å². The van der Waals surface area contributed by atoms with Crippen LogP contribution in [0.25, 0.3) is 0 Å². The molecule has 2 nitrogen and oxygen atoms in total. The molecule has 4 heteroatoms. The number of halogens is 2. The summed E-state index contributed by atoms with van der Waals surface area (Å²) in [4.78, 5) is 0. The van der Waals surface area contributed by atoms with Crippen LogP contribution in [0.3, 0.4) is 0 Å². The molecule has 106 valence electrons. The molecular weight excluding hydrogens is 338 g/mol. The van der Waals surface area contributed by atoms with E-state index in [9.17, 15) is 5.11 Å². The van der Waals surface area contributed by atoms with E-state index in [2.05, 4.69) is 15.9 Å². The number of rotatable bonds is 4. The molecule has 2 rings (SSSR count). The van der Waals surface area contributed by atoms with E-state index in [1.807, 2.05) is 49.4 Å². The van der Waals surface area contributed by atoms with Crippen LogP contribution in [0.2, 0.25) is 5.02 Å². The molecule has 0 aliphatic heterocycles. The van der Waals surface area contributed by atoms with Crippen LogP contribution in [0.5, 0.6) is 0 Å². The van der Waals surface area contributed by atoms with Crippen molar-refractivity contribution in [1.82, 2.24) is 0 Å². The fourth-order valence-electron chi connectivity index (χ4n) is 2.32. The van der Waals surface area contributed by atoms with Crippen LogP contribution in [0.15, 0.2) is 46.9 Å². The summed E-state index contributed by atoms with van der Waals surface area (Å²) in [6.45, 7) is 2.27. The summed E-state index contributed by atoms with van der Waals surface area (Å²) >= 11 is 9.82. The Hall–Kier alpha value is -0.870. The van der Waals surface area contributed by atoms with Crippen LogP contribution < -0.4 is 5.73 Å². The van der Waals surface area contributed by atoms with Gasteiger partial charge in [0.1, 0.15) is 0 Å². The third-order valence-electron chi connectivity index (χ3n) is 3.48. The predicted molar refractivity (Wildman–Crippen MR) is 87.1 cm³/mol. The maximum Gasteiger partial charge on any atom is 0.0885 e. The van der Waals surface area contributed by atoms with Gasteiger partial charge in [-0.1, -0.05) is 63.9 Å². The fourth-order valence-corrected chi connectivity index (χ4v) is 3.13. The van der Waals surface area contributed by atoms with Gasteiger partial charge < -0.3 is 10.8 Å². The zero-order valence-corrected chi connectivity index (χ0v) is 13.5. The van der Waals surface area contributed by atoms with Gasteiger partial charge >= 0.3 is 0 Å². The number of nitrogens with two attached hydrogens (primary N) is 1. The molecule has 0 aliphatic rings. The molecule has 2 atom stereocenters. The molecule has 0 saturated heterocycles. The molecule has 0 aliphatic carbocycles. The van der Waals surface area contributed by atoms with Crippen LogP contribution in [0.4, 0.5) is 0 Å². The quantitative estimate of drug-likeness (QED) is 0.865. The second-order valence-electron chi connectivity index (χ2n) is 4.79. The van der Waals surface area contributed by atoms with Gasteiger partial charge in [0, 0.05) is 27.5 Å². The predicted octanol–water partition coefficient (Wildman–Crippen LogP) is 4.19. The Morgan fingerprint density at radius 3 is 2.45 bits per heavy atom. The molecule has 0 bridgehead atoms. The third-order valence-corrected chi connectivity index (χ3v) is 4.72. The van der Waals surface area contributed by atoms with Gasteiger partial charge in [-0.25, -0.2) is 0 Å². The molecule has 0 fully saturated rings.